The highest BCUT2D eigenvalue weighted by atomic mass is 79.9. The van der Waals surface area contributed by atoms with Crippen molar-refractivity contribution in [1.82, 2.24) is 0 Å². The highest BCUT2D eigenvalue weighted by Crippen LogP contribution is 2.25. The number of nitrogens with zero attached hydrogens (tertiary/aromatic N) is 1. The molecule has 0 saturated heterocycles. The number of nitro benzene ring substituents is 1. The second-order valence-corrected chi connectivity index (χ2v) is 4.43. The number of hydrogen-bond donors (Lipinski definition) is 2. The molecule has 0 saturated carbocycles. The van der Waals surface area contributed by atoms with Crippen molar-refractivity contribution in [3.05, 3.63) is 39.4 Å². The summed E-state index contributed by atoms with van der Waals surface area (Å²) >= 11 is 3.06. The van der Waals surface area contributed by atoms with Gasteiger partial charge in [-0.1, -0.05) is 22.0 Å². The molecule has 0 bridgehead atoms. The monoisotopic (exact) mass is 331 g/mol. The lowest BCUT2D eigenvalue weighted by Gasteiger charge is -2.07. The van der Waals surface area contributed by atoms with Gasteiger partial charge < -0.3 is 10.2 Å². The number of carboxylic acid groups (broad SMARTS) is 1. The van der Waals surface area contributed by atoms with Crippen LogP contribution in [-0.4, -0.2) is 32.2 Å². The van der Waals surface area contributed by atoms with Crippen LogP contribution in [0.4, 0.5) is 5.69 Å². The molecule has 1 rings (SSSR count). The standard InChI is InChI=1S/C11H10BrNO6/c12-4-3-9(14)7-2-1-6(10(15)11(16)17)5-8(7)13(18)19/h1-2,5,10,15H,3-4H2,(H,16,17). The summed E-state index contributed by atoms with van der Waals surface area (Å²) in [5.74, 6) is -1.95. The minimum Gasteiger partial charge on any atom is -0.479 e. The zero-order valence-electron chi connectivity index (χ0n) is 9.58. The van der Waals surface area contributed by atoms with E-state index in [4.69, 9.17) is 5.11 Å². The summed E-state index contributed by atoms with van der Waals surface area (Å²) in [5, 5.41) is 29.2. The Kier molecular flexibility index (Phi) is 5.13. The van der Waals surface area contributed by atoms with Gasteiger partial charge in [0.1, 0.15) is 0 Å². The number of aliphatic hydroxyl groups excluding tert-OH is 1. The molecule has 2 N–H and O–H groups in total. The molecule has 1 unspecified atom stereocenters. The van der Waals surface area contributed by atoms with Crippen LogP contribution in [0.3, 0.4) is 0 Å². The van der Waals surface area contributed by atoms with Crippen LogP contribution >= 0.6 is 15.9 Å². The topological polar surface area (TPSA) is 118 Å². The fraction of sp³-hybridized carbons (Fsp3) is 0.273. The van der Waals surface area contributed by atoms with Crippen LogP contribution in [0.25, 0.3) is 0 Å². The Morgan fingerprint density at radius 3 is 2.53 bits per heavy atom. The second-order valence-electron chi connectivity index (χ2n) is 3.64. The molecule has 0 aliphatic carbocycles. The lowest BCUT2D eigenvalue weighted by atomic mass is 10.0. The molecule has 0 fully saturated rings. The van der Waals surface area contributed by atoms with E-state index >= 15 is 0 Å². The molecule has 0 spiro atoms. The molecule has 0 aliphatic rings. The van der Waals surface area contributed by atoms with E-state index in [-0.39, 0.29) is 17.5 Å². The Hall–Kier alpha value is -1.80. The SMILES string of the molecule is O=C(CCBr)c1ccc(C(O)C(=O)O)cc1[N+](=O)[O-]. The number of nitro groups is 1. The predicted octanol–water partition coefficient (Wildman–Crippen LogP) is 1.68. The molecule has 0 amide bonds. The van der Waals surface area contributed by atoms with Gasteiger partial charge in [-0.3, -0.25) is 14.9 Å². The van der Waals surface area contributed by atoms with Crippen molar-refractivity contribution in [3.8, 4) is 0 Å². The largest absolute Gasteiger partial charge is 0.479 e. The minimum atomic E-state index is -1.86. The van der Waals surface area contributed by atoms with Crippen LogP contribution in [-0.2, 0) is 4.79 Å². The lowest BCUT2D eigenvalue weighted by molar-refractivity contribution is -0.385. The highest BCUT2D eigenvalue weighted by Gasteiger charge is 2.24. The quantitative estimate of drug-likeness (QED) is 0.354. The number of rotatable bonds is 6. The third kappa shape index (κ3) is 3.58. The number of carbonyl (C=O) groups is 2. The van der Waals surface area contributed by atoms with Crippen LogP contribution < -0.4 is 0 Å². The zero-order valence-corrected chi connectivity index (χ0v) is 11.2. The van der Waals surface area contributed by atoms with Gasteiger partial charge in [0.2, 0.25) is 0 Å². The Labute approximate surface area is 116 Å². The number of alkyl halides is 1. The van der Waals surface area contributed by atoms with Gasteiger partial charge in [0.05, 0.1) is 10.5 Å². The fourth-order valence-corrected chi connectivity index (χ4v) is 1.83. The van der Waals surface area contributed by atoms with Crippen LogP contribution in [0.1, 0.15) is 28.4 Å². The maximum Gasteiger partial charge on any atom is 0.337 e. The number of hydrogen-bond acceptors (Lipinski definition) is 5. The smallest absolute Gasteiger partial charge is 0.337 e. The normalized spacial score (nSPS) is 11.9. The molecule has 0 radical (unpaired) electrons. The van der Waals surface area contributed by atoms with Gasteiger partial charge in [-0.2, -0.15) is 0 Å². The van der Waals surface area contributed by atoms with Crippen molar-refractivity contribution in [1.29, 1.82) is 0 Å². The van der Waals surface area contributed by atoms with Gasteiger partial charge in [-0.05, 0) is 11.6 Å². The number of benzene rings is 1. The number of ketones is 1. The van der Waals surface area contributed by atoms with Gasteiger partial charge >= 0.3 is 5.97 Å². The van der Waals surface area contributed by atoms with E-state index in [0.29, 0.717) is 5.33 Å². The van der Waals surface area contributed by atoms with Crippen molar-refractivity contribution in [2.45, 2.75) is 12.5 Å². The Morgan fingerprint density at radius 2 is 2.05 bits per heavy atom. The van der Waals surface area contributed by atoms with Gasteiger partial charge in [-0.25, -0.2) is 4.79 Å². The number of Topliss-reactive ketones (excluding diaryl/α,β-unsaturated/α-hetero) is 1. The van der Waals surface area contributed by atoms with Crippen LogP contribution in [0.2, 0.25) is 0 Å². The van der Waals surface area contributed by atoms with Crippen molar-refractivity contribution >= 4 is 33.4 Å². The van der Waals surface area contributed by atoms with Crippen LogP contribution in [0, 0.1) is 10.1 Å². The average Bonchev–Trinajstić information content (AvgIpc) is 2.37. The van der Waals surface area contributed by atoms with Crippen LogP contribution in [0.15, 0.2) is 18.2 Å². The number of halogens is 1. The predicted molar refractivity (Wildman–Crippen MR) is 68.4 cm³/mol. The molecule has 1 atom stereocenters. The van der Waals surface area contributed by atoms with E-state index in [2.05, 4.69) is 15.9 Å². The van der Waals surface area contributed by atoms with E-state index in [0.717, 1.165) is 12.1 Å². The van der Waals surface area contributed by atoms with Crippen molar-refractivity contribution in [3.63, 3.8) is 0 Å². The number of carbonyl (C=O) groups excluding carboxylic acids is 1. The third-order valence-corrected chi connectivity index (χ3v) is 2.79. The second kappa shape index (κ2) is 6.39. The number of aliphatic carboxylic acids is 1. The molecule has 1 aromatic rings. The summed E-state index contributed by atoms with van der Waals surface area (Å²) < 4.78 is 0. The van der Waals surface area contributed by atoms with Crippen LogP contribution in [0.5, 0.6) is 0 Å². The van der Waals surface area contributed by atoms with Gasteiger partial charge in [-0.15, -0.1) is 0 Å². The van der Waals surface area contributed by atoms with E-state index in [9.17, 15) is 24.8 Å². The average molecular weight is 332 g/mol. The maximum absolute atomic E-state index is 11.7. The zero-order chi connectivity index (χ0) is 14.6. The maximum atomic E-state index is 11.7. The molecular weight excluding hydrogens is 322 g/mol. The molecule has 0 aliphatic heterocycles. The summed E-state index contributed by atoms with van der Waals surface area (Å²) in [4.78, 5) is 32.4. The molecule has 19 heavy (non-hydrogen) atoms. The summed E-state index contributed by atoms with van der Waals surface area (Å²) in [6.07, 6.45) is -1.78. The first-order valence-corrected chi connectivity index (χ1v) is 6.29. The molecule has 8 heteroatoms. The van der Waals surface area contributed by atoms with E-state index in [1.807, 2.05) is 0 Å². The molecule has 0 aromatic heterocycles. The Morgan fingerprint density at radius 1 is 1.42 bits per heavy atom. The lowest BCUT2D eigenvalue weighted by Crippen LogP contribution is -2.12. The summed E-state index contributed by atoms with van der Waals surface area (Å²) in [7, 11) is 0. The minimum absolute atomic E-state index is 0.0850. The van der Waals surface area contributed by atoms with Crippen molar-refractivity contribution in [2.24, 2.45) is 0 Å². The van der Waals surface area contributed by atoms with Crippen molar-refractivity contribution in [2.75, 3.05) is 5.33 Å². The highest BCUT2D eigenvalue weighted by molar-refractivity contribution is 9.09. The first kappa shape index (κ1) is 15.3. The molecular formula is C11H10BrNO6. The molecule has 7 nitrogen and oxygen atoms in total. The first-order chi connectivity index (χ1) is 8.88. The first-order valence-electron chi connectivity index (χ1n) is 5.17. The Balaban J connectivity index is 3.26. The molecule has 0 heterocycles. The number of carboxylic acids is 1. The molecule has 102 valence electrons. The summed E-state index contributed by atoms with van der Waals surface area (Å²) in [6.45, 7) is 0. The van der Waals surface area contributed by atoms with E-state index < -0.39 is 28.5 Å². The van der Waals surface area contributed by atoms with E-state index in [1.54, 1.807) is 0 Å². The number of aliphatic hydroxyl groups is 1. The van der Waals surface area contributed by atoms with Gasteiger partial charge in [0.15, 0.2) is 11.9 Å². The summed E-state index contributed by atoms with van der Waals surface area (Å²) in [5.41, 5.74) is -0.760. The van der Waals surface area contributed by atoms with Gasteiger partial charge in [0, 0.05) is 17.8 Å². The molecule has 1 aromatic carbocycles. The van der Waals surface area contributed by atoms with E-state index in [1.165, 1.54) is 6.07 Å². The summed E-state index contributed by atoms with van der Waals surface area (Å²) in [6, 6.07) is 3.25. The van der Waals surface area contributed by atoms with Crippen molar-refractivity contribution < 1.29 is 24.7 Å². The van der Waals surface area contributed by atoms with Gasteiger partial charge in [0.25, 0.3) is 5.69 Å². The third-order valence-electron chi connectivity index (χ3n) is 2.39. The fourth-order valence-electron chi connectivity index (χ4n) is 1.47. The Bertz CT molecular complexity index is 530.